The maximum Gasteiger partial charge on any atom is 0.255 e. The van der Waals surface area contributed by atoms with Gasteiger partial charge in [-0.25, -0.2) is 8.42 Å². The summed E-state index contributed by atoms with van der Waals surface area (Å²) in [5.74, 6) is -0.298. The van der Waals surface area contributed by atoms with Crippen LogP contribution in [-0.4, -0.2) is 45.0 Å². The Balaban J connectivity index is 1.75. The van der Waals surface area contributed by atoms with E-state index < -0.39 is 10.0 Å². The van der Waals surface area contributed by atoms with Gasteiger partial charge in [-0.05, 0) is 47.9 Å². The summed E-state index contributed by atoms with van der Waals surface area (Å²) in [5, 5.41) is 2.86. The number of hydrogen-bond acceptors (Lipinski definition) is 4. The third kappa shape index (κ3) is 4.33. The van der Waals surface area contributed by atoms with E-state index in [9.17, 15) is 18.0 Å². The second kappa shape index (κ2) is 7.63. The maximum atomic E-state index is 12.6. The zero-order valence-corrected chi connectivity index (χ0v) is 16.9. The van der Waals surface area contributed by atoms with E-state index >= 15 is 0 Å². The number of fused-ring (bicyclic) bond motifs is 1. The number of nitrogens with one attached hydrogen (secondary N) is 1. The van der Waals surface area contributed by atoms with E-state index in [4.69, 9.17) is 0 Å². The molecule has 0 saturated carbocycles. The first-order valence-electron chi connectivity index (χ1n) is 8.88. The van der Waals surface area contributed by atoms with Crippen LogP contribution in [0.25, 0.3) is 0 Å². The summed E-state index contributed by atoms with van der Waals surface area (Å²) in [7, 11) is -1.59. The van der Waals surface area contributed by atoms with Crippen LogP contribution in [0, 0.1) is 0 Å². The Labute approximate surface area is 165 Å². The molecule has 28 heavy (non-hydrogen) atoms. The fourth-order valence-corrected chi connectivity index (χ4v) is 4.15. The van der Waals surface area contributed by atoms with Crippen LogP contribution >= 0.6 is 0 Å². The minimum Gasteiger partial charge on any atom is -0.342 e. The monoisotopic (exact) mass is 401 g/mol. The van der Waals surface area contributed by atoms with E-state index in [2.05, 4.69) is 5.32 Å². The fraction of sp³-hybridized carbons (Fsp3) is 0.300. The van der Waals surface area contributed by atoms with Crippen molar-refractivity contribution in [1.29, 1.82) is 0 Å². The first-order chi connectivity index (χ1) is 13.1. The van der Waals surface area contributed by atoms with Crippen LogP contribution in [-0.2, 0) is 27.8 Å². The molecule has 1 aliphatic rings. The van der Waals surface area contributed by atoms with Crippen LogP contribution in [0.2, 0.25) is 0 Å². The lowest BCUT2D eigenvalue weighted by atomic mass is 10.1. The molecule has 0 aromatic heterocycles. The average Bonchev–Trinajstić information content (AvgIpc) is 3.05. The van der Waals surface area contributed by atoms with Crippen LogP contribution in [0.4, 0.5) is 11.4 Å². The first kappa shape index (κ1) is 19.9. The number of hydrogen-bond donors (Lipinski definition) is 1. The zero-order valence-electron chi connectivity index (χ0n) is 16.1. The number of sulfonamides is 1. The molecule has 7 nitrogen and oxygen atoms in total. The molecule has 0 atom stereocenters. The largest absolute Gasteiger partial charge is 0.342 e. The summed E-state index contributed by atoms with van der Waals surface area (Å²) in [6, 6.07) is 12.4. The van der Waals surface area contributed by atoms with Gasteiger partial charge in [0.2, 0.25) is 15.9 Å². The van der Waals surface area contributed by atoms with Crippen molar-refractivity contribution in [1.82, 2.24) is 4.90 Å². The van der Waals surface area contributed by atoms with Gasteiger partial charge < -0.3 is 10.2 Å². The number of benzene rings is 2. The quantitative estimate of drug-likeness (QED) is 0.832. The Morgan fingerprint density at radius 2 is 1.93 bits per heavy atom. The molecule has 0 bridgehead atoms. The summed E-state index contributed by atoms with van der Waals surface area (Å²) >= 11 is 0. The summed E-state index contributed by atoms with van der Waals surface area (Å²) in [6.07, 6.45) is 1.76. The fourth-order valence-electron chi connectivity index (χ4n) is 3.19. The molecule has 1 aliphatic heterocycles. The lowest BCUT2D eigenvalue weighted by molar-refractivity contribution is -0.128. The molecule has 0 saturated heterocycles. The lowest BCUT2D eigenvalue weighted by Gasteiger charge is -2.17. The van der Waals surface area contributed by atoms with Crippen LogP contribution in [0.1, 0.15) is 28.4 Å². The van der Waals surface area contributed by atoms with Crippen LogP contribution < -0.4 is 9.62 Å². The topological polar surface area (TPSA) is 86.8 Å². The molecule has 0 fully saturated rings. The highest BCUT2D eigenvalue weighted by atomic mass is 32.2. The van der Waals surface area contributed by atoms with Gasteiger partial charge in [0.05, 0.1) is 11.9 Å². The zero-order chi connectivity index (χ0) is 20.5. The maximum absolute atomic E-state index is 12.6. The minimum absolute atomic E-state index is 0.0317. The van der Waals surface area contributed by atoms with Gasteiger partial charge in [-0.2, -0.15) is 0 Å². The van der Waals surface area contributed by atoms with Gasteiger partial charge >= 0.3 is 0 Å². The minimum atomic E-state index is -3.31. The molecule has 0 aliphatic carbocycles. The molecule has 0 radical (unpaired) electrons. The molecule has 1 N–H and O–H groups in total. The SMILES string of the molecule is CC(=O)N(C)Cc1cccc(NC(=O)c2ccc3c(c2)CCN3S(C)(=O)=O)c1. The second-order valence-electron chi connectivity index (χ2n) is 6.96. The molecule has 2 aromatic carbocycles. The third-order valence-electron chi connectivity index (χ3n) is 4.74. The van der Waals surface area contributed by atoms with Crippen LogP contribution in [0.3, 0.4) is 0 Å². The molecule has 2 amide bonds. The van der Waals surface area contributed by atoms with Crippen molar-refractivity contribution < 1.29 is 18.0 Å². The number of rotatable bonds is 5. The van der Waals surface area contributed by atoms with Gasteiger partial charge in [0.15, 0.2) is 0 Å². The summed E-state index contributed by atoms with van der Waals surface area (Å²) in [5.41, 5.74) is 3.49. The van der Waals surface area contributed by atoms with Crippen molar-refractivity contribution in [2.75, 3.05) is 29.5 Å². The second-order valence-corrected chi connectivity index (χ2v) is 8.87. The van der Waals surface area contributed by atoms with Gasteiger partial charge in [-0.3, -0.25) is 13.9 Å². The Hall–Kier alpha value is -2.87. The molecule has 0 spiro atoms. The number of carbonyl (C=O) groups is 2. The highest BCUT2D eigenvalue weighted by Crippen LogP contribution is 2.31. The molecule has 8 heteroatoms. The van der Waals surface area contributed by atoms with Crippen molar-refractivity contribution in [3.8, 4) is 0 Å². The van der Waals surface area contributed by atoms with Gasteiger partial charge in [0, 0.05) is 38.3 Å². The van der Waals surface area contributed by atoms with Crippen molar-refractivity contribution in [2.45, 2.75) is 19.9 Å². The number of amides is 2. The highest BCUT2D eigenvalue weighted by Gasteiger charge is 2.26. The molecule has 3 rings (SSSR count). The molecular weight excluding hydrogens is 378 g/mol. The molecular formula is C20H23N3O4S. The average molecular weight is 401 g/mol. The summed E-state index contributed by atoms with van der Waals surface area (Å²) in [6.45, 7) is 2.36. The van der Waals surface area contributed by atoms with Crippen molar-refractivity contribution >= 4 is 33.2 Å². The molecule has 148 valence electrons. The number of nitrogens with zero attached hydrogens (tertiary/aromatic N) is 2. The summed E-state index contributed by atoms with van der Waals surface area (Å²) < 4.78 is 25.0. The Morgan fingerprint density at radius 3 is 2.61 bits per heavy atom. The van der Waals surface area contributed by atoms with Crippen molar-refractivity contribution in [2.24, 2.45) is 0 Å². The predicted octanol–water partition coefficient (Wildman–Crippen LogP) is 2.24. The van der Waals surface area contributed by atoms with E-state index in [0.717, 1.165) is 11.1 Å². The lowest BCUT2D eigenvalue weighted by Crippen LogP contribution is -2.27. The van der Waals surface area contributed by atoms with E-state index in [1.54, 1.807) is 36.2 Å². The Kier molecular flexibility index (Phi) is 5.42. The smallest absolute Gasteiger partial charge is 0.255 e. The Morgan fingerprint density at radius 1 is 1.18 bits per heavy atom. The van der Waals surface area contributed by atoms with E-state index in [1.807, 2.05) is 18.2 Å². The summed E-state index contributed by atoms with van der Waals surface area (Å²) in [4.78, 5) is 25.6. The normalized spacial score (nSPS) is 13.2. The van der Waals surface area contributed by atoms with Gasteiger partial charge in [0.1, 0.15) is 0 Å². The van der Waals surface area contributed by atoms with E-state index in [-0.39, 0.29) is 11.8 Å². The predicted molar refractivity (Wildman–Crippen MR) is 109 cm³/mol. The van der Waals surface area contributed by atoms with Gasteiger partial charge in [-0.15, -0.1) is 0 Å². The molecule has 2 aromatic rings. The number of anilines is 2. The first-order valence-corrected chi connectivity index (χ1v) is 10.7. The third-order valence-corrected chi connectivity index (χ3v) is 5.92. The highest BCUT2D eigenvalue weighted by molar-refractivity contribution is 7.92. The van der Waals surface area contributed by atoms with E-state index in [1.165, 1.54) is 17.5 Å². The van der Waals surface area contributed by atoms with Gasteiger partial charge in [0.25, 0.3) is 5.91 Å². The standard InChI is InChI=1S/C20H23N3O4S/c1-14(24)22(2)13-15-5-4-6-18(11-15)21-20(25)17-7-8-19-16(12-17)9-10-23(19)28(3,26)27/h4-8,11-12H,9-10,13H2,1-3H3,(H,21,25). The van der Waals surface area contributed by atoms with E-state index in [0.29, 0.717) is 36.4 Å². The molecule has 1 heterocycles. The number of carbonyl (C=O) groups excluding carboxylic acids is 2. The van der Waals surface area contributed by atoms with Crippen molar-refractivity contribution in [3.63, 3.8) is 0 Å². The van der Waals surface area contributed by atoms with Gasteiger partial charge in [-0.1, -0.05) is 12.1 Å². The van der Waals surface area contributed by atoms with Crippen LogP contribution in [0.15, 0.2) is 42.5 Å². The van der Waals surface area contributed by atoms with Crippen LogP contribution in [0.5, 0.6) is 0 Å². The van der Waals surface area contributed by atoms with Crippen molar-refractivity contribution in [3.05, 3.63) is 59.2 Å². The molecule has 0 unspecified atom stereocenters. The Bertz CT molecular complexity index is 1030.